The van der Waals surface area contributed by atoms with E-state index >= 15 is 0 Å². The van der Waals surface area contributed by atoms with Crippen molar-refractivity contribution in [3.05, 3.63) is 0 Å². The number of nitrogens with one attached hydrogen (secondary N) is 1. The van der Waals surface area contributed by atoms with E-state index in [4.69, 9.17) is 10.00 Å². The molecular weight excluding hydrogens is 301 g/mol. The van der Waals surface area contributed by atoms with Crippen LogP contribution in [0, 0.1) is 17.2 Å². The second-order valence-corrected chi connectivity index (χ2v) is 7.26. The Morgan fingerprint density at radius 2 is 2.04 bits per heavy atom. The summed E-state index contributed by atoms with van der Waals surface area (Å²) in [6.07, 6.45) is 0.483. The molecule has 0 radical (unpaired) electrons. The van der Waals surface area contributed by atoms with Crippen molar-refractivity contribution < 1.29 is 18.7 Å². The molecule has 2 rings (SSSR count). The van der Waals surface area contributed by atoms with Crippen molar-refractivity contribution in [2.24, 2.45) is 5.92 Å². The molecule has 0 spiro atoms. The first kappa shape index (κ1) is 17.5. The molecule has 0 bridgehead atoms. The summed E-state index contributed by atoms with van der Waals surface area (Å²) in [5.74, 6) is -0.654. The van der Waals surface area contributed by atoms with Crippen molar-refractivity contribution in [2.75, 3.05) is 6.54 Å². The van der Waals surface area contributed by atoms with Gasteiger partial charge in [0.2, 0.25) is 5.91 Å². The molecule has 1 saturated heterocycles. The molecule has 2 aliphatic rings. The maximum atomic E-state index is 13.5. The van der Waals surface area contributed by atoms with Crippen molar-refractivity contribution in [2.45, 2.75) is 70.3 Å². The van der Waals surface area contributed by atoms with Gasteiger partial charge in [-0.2, -0.15) is 5.26 Å². The van der Waals surface area contributed by atoms with Crippen molar-refractivity contribution in [3.8, 4) is 6.07 Å². The lowest BCUT2D eigenvalue weighted by atomic mass is 10.0. The predicted octanol–water partition coefficient (Wildman–Crippen LogP) is 2.14. The molecule has 0 aromatic rings. The average molecular weight is 325 g/mol. The summed E-state index contributed by atoms with van der Waals surface area (Å²) < 4.78 is 18.7. The van der Waals surface area contributed by atoms with Gasteiger partial charge in [-0.3, -0.25) is 4.79 Å². The van der Waals surface area contributed by atoms with E-state index in [1.807, 2.05) is 6.07 Å². The molecule has 2 amide bonds. The van der Waals surface area contributed by atoms with Gasteiger partial charge in [0, 0.05) is 12.5 Å². The highest BCUT2D eigenvalue weighted by atomic mass is 19.1. The average Bonchev–Trinajstić information content (AvgIpc) is 3.02. The van der Waals surface area contributed by atoms with Gasteiger partial charge >= 0.3 is 6.09 Å². The van der Waals surface area contributed by atoms with Gasteiger partial charge < -0.3 is 15.0 Å². The van der Waals surface area contributed by atoms with Crippen LogP contribution in [0.1, 0.15) is 46.5 Å². The number of likely N-dealkylation sites (tertiary alicyclic amines) is 1. The lowest BCUT2D eigenvalue weighted by Crippen LogP contribution is -2.48. The third-order valence-corrected chi connectivity index (χ3v) is 4.22. The van der Waals surface area contributed by atoms with Crippen LogP contribution >= 0.6 is 0 Å². The van der Waals surface area contributed by atoms with Crippen LogP contribution < -0.4 is 5.32 Å². The number of ether oxygens (including phenoxy) is 1. The second kappa shape index (κ2) is 6.73. The van der Waals surface area contributed by atoms with Crippen LogP contribution in [0.2, 0.25) is 0 Å². The quantitative estimate of drug-likeness (QED) is 0.843. The fourth-order valence-electron chi connectivity index (χ4n) is 3.25. The Hall–Kier alpha value is -1.84. The van der Waals surface area contributed by atoms with E-state index in [1.54, 1.807) is 20.8 Å². The van der Waals surface area contributed by atoms with Crippen LogP contribution in [0.3, 0.4) is 0 Å². The zero-order valence-electron chi connectivity index (χ0n) is 13.8. The summed E-state index contributed by atoms with van der Waals surface area (Å²) >= 11 is 0. The molecule has 1 N–H and O–H groups in total. The Morgan fingerprint density at radius 3 is 2.65 bits per heavy atom. The molecule has 1 aliphatic heterocycles. The van der Waals surface area contributed by atoms with Gasteiger partial charge in [-0.25, -0.2) is 9.18 Å². The van der Waals surface area contributed by atoms with Gasteiger partial charge in [0.25, 0.3) is 0 Å². The smallest absolute Gasteiger partial charge is 0.407 e. The third kappa shape index (κ3) is 4.34. The Labute approximate surface area is 136 Å². The van der Waals surface area contributed by atoms with E-state index in [1.165, 1.54) is 4.90 Å². The minimum absolute atomic E-state index is 0.0350. The van der Waals surface area contributed by atoms with E-state index in [0.717, 1.165) is 6.42 Å². The normalized spacial score (nSPS) is 30.8. The van der Waals surface area contributed by atoms with Gasteiger partial charge in [-0.1, -0.05) is 6.42 Å². The molecule has 2 unspecified atom stereocenters. The van der Waals surface area contributed by atoms with Gasteiger partial charge in [0.05, 0.1) is 18.5 Å². The molecule has 0 aromatic carbocycles. The highest BCUT2D eigenvalue weighted by Crippen LogP contribution is 2.31. The largest absolute Gasteiger partial charge is 0.444 e. The predicted molar refractivity (Wildman–Crippen MR) is 81.1 cm³/mol. The number of hydrogen-bond donors (Lipinski definition) is 1. The molecule has 1 heterocycles. The lowest BCUT2D eigenvalue weighted by Gasteiger charge is -2.28. The number of alkyl halides is 1. The second-order valence-electron chi connectivity index (χ2n) is 7.26. The van der Waals surface area contributed by atoms with Crippen LogP contribution in [-0.4, -0.2) is 47.3 Å². The topological polar surface area (TPSA) is 82.4 Å². The molecule has 6 nitrogen and oxygen atoms in total. The fraction of sp³-hybridized carbons (Fsp3) is 0.812. The number of halogens is 1. The fourth-order valence-corrected chi connectivity index (χ4v) is 3.25. The van der Waals surface area contributed by atoms with Crippen LogP contribution in [0.4, 0.5) is 9.18 Å². The molecule has 7 heteroatoms. The zero-order chi connectivity index (χ0) is 17.2. The van der Waals surface area contributed by atoms with Crippen LogP contribution in [0.15, 0.2) is 0 Å². The molecule has 23 heavy (non-hydrogen) atoms. The van der Waals surface area contributed by atoms with E-state index in [0.29, 0.717) is 12.8 Å². The Bertz CT molecular complexity index is 512. The molecule has 1 saturated carbocycles. The van der Waals surface area contributed by atoms with Crippen LogP contribution in [0.5, 0.6) is 0 Å². The number of nitrogens with zero attached hydrogens (tertiary/aromatic N) is 2. The van der Waals surface area contributed by atoms with Crippen LogP contribution in [0.25, 0.3) is 0 Å². The maximum Gasteiger partial charge on any atom is 0.407 e. The monoisotopic (exact) mass is 325 g/mol. The van der Waals surface area contributed by atoms with Gasteiger partial charge in [-0.15, -0.1) is 0 Å². The first-order chi connectivity index (χ1) is 10.7. The maximum absolute atomic E-state index is 13.5. The highest BCUT2D eigenvalue weighted by Gasteiger charge is 2.42. The van der Waals surface area contributed by atoms with Gasteiger partial charge in [-0.05, 0) is 33.6 Å². The molecular formula is C16H24FN3O3. The number of rotatable bonds is 2. The van der Waals surface area contributed by atoms with Crippen molar-refractivity contribution in [3.63, 3.8) is 0 Å². The standard InChI is InChI=1S/C16H24FN3O3/c1-16(2,3)23-15(22)19-13-6-4-5-12(13)14(21)20-9-10(17)7-11(20)8-18/h10-13H,4-7,9H2,1-3H3,(H,19,22)/t10-,11-,12?,13?/m0/s1. The number of carbonyl (C=O) groups is 2. The van der Waals surface area contributed by atoms with Gasteiger partial charge in [0.1, 0.15) is 17.8 Å². The minimum atomic E-state index is -1.15. The Balaban J connectivity index is 2.00. The summed E-state index contributed by atoms with van der Waals surface area (Å²) in [6.45, 7) is 5.28. The van der Waals surface area contributed by atoms with Crippen molar-refractivity contribution in [1.82, 2.24) is 10.2 Å². The molecule has 1 aliphatic carbocycles. The number of amides is 2. The SMILES string of the molecule is CC(C)(C)OC(=O)NC1CCCC1C(=O)N1C[C@@H](F)C[C@H]1C#N. The first-order valence-corrected chi connectivity index (χ1v) is 8.05. The Morgan fingerprint density at radius 1 is 1.35 bits per heavy atom. The van der Waals surface area contributed by atoms with Gasteiger partial charge in [0.15, 0.2) is 0 Å². The zero-order valence-corrected chi connectivity index (χ0v) is 13.8. The first-order valence-electron chi connectivity index (χ1n) is 8.05. The molecule has 2 fully saturated rings. The summed E-state index contributed by atoms with van der Waals surface area (Å²) in [6, 6.07) is 0.957. The molecule has 128 valence electrons. The minimum Gasteiger partial charge on any atom is -0.444 e. The number of nitriles is 1. The van der Waals surface area contributed by atoms with Crippen molar-refractivity contribution >= 4 is 12.0 Å². The van der Waals surface area contributed by atoms with E-state index in [2.05, 4.69) is 5.32 Å². The van der Waals surface area contributed by atoms with E-state index < -0.39 is 29.8 Å². The summed E-state index contributed by atoms with van der Waals surface area (Å²) in [5.41, 5.74) is -0.607. The lowest BCUT2D eigenvalue weighted by molar-refractivity contribution is -0.136. The molecule has 0 aromatic heterocycles. The number of alkyl carbamates (subject to hydrolysis) is 1. The summed E-state index contributed by atoms with van der Waals surface area (Å²) in [4.78, 5) is 25.9. The molecule has 4 atom stereocenters. The summed E-state index contributed by atoms with van der Waals surface area (Å²) in [5, 5.41) is 11.8. The van der Waals surface area contributed by atoms with Crippen LogP contribution in [-0.2, 0) is 9.53 Å². The van der Waals surface area contributed by atoms with Crippen molar-refractivity contribution in [1.29, 1.82) is 5.26 Å². The third-order valence-electron chi connectivity index (χ3n) is 4.22. The van der Waals surface area contributed by atoms with E-state index in [9.17, 15) is 14.0 Å². The number of carbonyl (C=O) groups excluding carboxylic acids is 2. The van der Waals surface area contributed by atoms with E-state index in [-0.39, 0.29) is 24.9 Å². The highest BCUT2D eigenvalue weighted by molar-refractivity contribution is 5.82. The Kier molecular flexibility index (Phi) is 5.12. The number of hydrogen-bond acceptors (Lipinski definition) is 4. The summed E-state index contributed by atoms with van der Waals surface area (Å²) in [7, 11) is 0.